The van der Waals surface area contributed by atoms with E-state index in [-0.39, 0.29) is 12.4 Å². The van der Waals surface area contributed by atoms with E-state index >= 15 is 0 Å². The average molecular weight is 406 g/mol. The van der Waals surface area contributed by atoms with Gasteiger partial charge in [0.05, 0.1) is 5.60 Å². The van der Waals surface area contributed by atoms with Crippen molar-refractivity contribution >= 4 is 12.4 Å². The molecule has 0 bridgehead atoms. The van der Waals surface area contributed by atoms with Gasteiger partial charge in [-0.25, -0.2) is 0 Å². The van der Waals surface area contributed by atoms with Crippen molar-refractivity contribution in [2.45, 2.75) is 142 Å². The van der Waals surface area contributed by atoms with Gasteiger partial charge in [-0.3, -0.25) is 0 Å². The minimum atomic E-state index is -0.636. The quantitative estimate of drug-likeness (QED) is 0.203. The number of nitrogens with two attached hydrogens (primary N) is 1. The third-order valence-corrected chi connectivity index (χ3v) is 6.22. The molecule has 0 saturated carbocycles. The third kappa shape index (κ3) is 16.8. The fraction of sp³-hybridized carbons (Fsp3) is 1.00. The molecule has 2 unspecified atom stereocenters. The maximum atomic E-state index is 10.9. The maximum Gasteiger partial charge on any atom is 0.0794 e. The molecule has 0 aliphatic heterocycles. The highest BCUT2D eigenvalue weighted by molar-refractivity contribution is 5.85. The van der Waals surface area contributed by atoms with Crippen LogP contribution in [-0.4, -0.2) is 17.3 Å². The van der Waals surface area contributed by atoms with Crippen LogP contribution in [0.25, 0.3) is 0 Å². The van der Waals surface area contributed by atoms with E-state index in [0.29, 0.717) is 12.5 Å². The number of halogens is 1. The molecule has 0 fully saturated rings. The third-order valence-electron chi connectivity index (χ3n) is 6.22. The van der Waals surface area contributed by atoms with E-state index in [1.54, 1.807) is 0 Å². The first-order chi connectivity index (χ1) is 12.6. The molecule has 0 aliphatic carbocycles. The molecule has 166 valence electrons. The fourth-order valence-electron chi connectivity index (χ4n) is 3.97. The van der Waals surface area contributed by atoms with Crippen molar-refractivity contribution in [3.05, 3.63) is 0 Å². The normalized spacial score (nSPS) is 14.6. The SMILES string of the molecule is CCCCCCCCCCC(C)C(O)(CN)CCCCCCCCCC.Cl. The maximum absolute atomic E-state index is 10.9. The zero-order chi connectivity index (χ0) is 19.5. The highest BCUT2D eigenvalue weighted by atomic mass is 35.5. The van der Waals surface area contributed by atoms with Crippen LogP contribution in [-0.2, 0) is 0 Å². The molecule has 3 heteroatoms. The summed E-state index contributed by atoms with van der Waals surface area (Å²) in [6.45, 7) is 7.16. The van der Waals surface area contributed by atoms with Gasteiger partial charge in [-0.1, -0.05) is 124 Å². The predicted octanol–water partition coefficient (Wildman–Crippen LogP) is 7.80. The number of hydrogen-bond donors (Lipinski definition) is 2. The van der Waals surface area contributed by atoms with Crippen LogP contribution in [0.4, 0.5) is 0 Å². The van der Waals surface area contributed by atoms with Gasteiger partial charge in [0.15, 0.2) is 0 Å². The van der Waals surface area contributed by atoms with Gasteiger partial charge >= 0.3 is 0 Å². The smallest absolute Gasteiger partial charge is 0.0794 e. The first kappa shape index (κ1) is 29.4. The Morgan fingerprint density at radius 2 is 1.04 bits per heavy atom. The van der Waals surface area contributed by atoms with Gasteiger partial charge < -0.3 is 10.8 Å². The molecule has 2 atom stereocenters. The summed E-state index contributed by atoms with van der Waals surface area (Å²) in [5.74, 6) is 0.331. The van der Waals surface area contributed by atoms with Crippen molar-refractivity contribution in [3.8, 4) is 0 Å². The molecule has 0 amide bonds. The lowest BCUT2D eigenvalue weighted by atomic mass is 9.81. The zero-order valence-electron chi connectivity index (χ0n) is 18.9. The fourth-order valence-corrected chi connectivity index (χ4v) is 3.97. The van der Waals surface area contributed by atoms with Gasteiger partial charge in [0.2, 0.25) is 0 Å². The molecular formula is C24H52ClNO. The Hall–Kier alpha value is 0.210. The van der Waals surface area contributed by atoms with E-state index in [4.69, 9.17) is 5.73 Å². The van der Waals surface area contributed by atoms with Crippen LogP contribution in [0.3, 0.4) is 0 Å². The van der Waals surface area contributed by atoms with Gasteiger partial charge in [-0.15, -0.1) is 12.4 Å². The topological polar surface area (TPSA) is 46.2 Å². The van der Waals surface area contributed by atoms with Crippen LogP contribution < -0.4 is 5.73 Å². The van der Waals surface area contributed by atoms with Crippen LogP contribution >= 0.6 is 12.4 Å². The summed E-state index contributed by atoms with van der Waals surface area (Å²) in [5.41, 5.74) is 5.32. The van der Waals surface area contributed by atoms with Crippen LogP contribution in [0.5, 0.6) is 0 Å². The lowest BCUT2D eigenvalue weighted by Crippen LogP contribution is -2.43. The summed E-state index contributed by atoms with van der Waals surface area (Å²) >= 11 is 0. The zero-order valence-corrected chi connectivity index (χ0v) is 19.8. The summed E-state index contributed by atoms with van der Waals surface area (Å²) in [6.07, 6.45) is 23.3. The second-order valence-corrected chi connectivity index (χ2v) is 8.70. The van der Waals surface area contributed by atoms with Gasteiger partial charge in [-0.05, 0) is 18.8 Å². The minimum absolute atomic E-state index is 0. The summed E-state index contributed by atoms with van der Waals surface area (Å²) in [6, 6.07) is 0. The molecule has 3 N–H and O–H groups in total. The van der Waals surface area contributed by atoms with Gasteiger partial charge in [0, 0.05) is 6.54 Å². The van der Waals surface area contributed by atoms with Crippen LogP contribution in [0.15, 0.2) is 0 Å². The summed E-state index contributed by atoms with van der Waals surface area (Å²) in [4.78, 5) is 0. The summed E-state index contributed by atoms with van der Waals surface area (Å²) in [5, 5.41) is 10.9. The standard InChI is InChI=1S/C24H51NO.ClH/c1-4-6-8-10-12-14-16-18-20-23(3)24(26,22-25)21-19-17-15-13-11-9-7-5-2;/h23,26H,4-22,25H2,1-3H3;1H. The molecule has 0 saturated heterocycles. The molecule has 27 heavy (non-hydrogen) atoms. The highest BCUT2D eigenvalue weighted by Crippen LogP contribution is 2.28. The van der Waals surface area contributed by atoms with Crippen LogP contribution in [0.1, 0.15) is 136 Å². The second-order valence-electron chi connectivity index (χ2n) is 8.70. The van der Waals surface area contributed by atoms with Crippen molar-refractivity contribution in [1.29, 1.82) is 0 Å². The predicted molar refractivity (Wildman–Crippen MR) is 125 cm³/mol. The Balaban J connectivity index is 0. The Bertz CT molecular complexity index is 288. The summed E-state index contributed by atoms with van der Waals surface area (Å²) in [7, 11) is 0. The van der Waals surface area contributed by atoms with Gasteiger partial charge in [0.1, 0.15) is 0 Å². The van der Waals surface area contributed by atoms with Crippen molar-refractivity contribution in [2.75, 3.05) is 6.54 Å². The largest absolute Gasteiger partial charge is 0.388 e. The van der Waals surface area contributed by atoms with Gasteiger partial charge in [-0.2, -0.15) is 0 Å². The Morgan fingerprint density at radius 1 is 0.667 bits per heavy atom. The Kier molecular flexibility index (Phi) is 22.8. The molecule has 0 aliphatic rings. The Labute approximate surface area is 177 Å². The van der Waals surface area contributed by atoms with E-state index < -0.39 is 5.60 Å². The van der Waals surface area contributed by atoms with E-state index in [0.717, 1.165) is 19.3 Å². The molecule has 0 aromatic heterocycles. The number of hydrogen-bond acceptors (Lipinski definition) is 2. The molecular weight excluding hydrogens is 354 g/mol. The monoisotopic (exact) mass is 405 g/mol. The number of aliphatic hydroxyl groups is 1. The Morgan fingerprint density at radius 3 is 1.44 bits per heavy atom. The lowest BCUT2D eigenvalue weighted by molar-refractivity contribution is -0.0172. The first-order valence-electron chi connectivity index (χ1n) is 12.0. The molecule has 2 nitrogen and oxygen atoms in total. The van der Waals surface area contributed by atoms with Crippen molar-refractivity contribution in [1.82, 2.24) is 0 Å². The summed E-state index contributed by atoms with van der Waals surface area (Å²) < 4.78 is 0. The second kappa shape index (κ2) is 20.9. The van der Waals surface area contributed by atoms with Crippen molar-refractivity contribution in [2.24, 2.45) is 11.7 Å². The van der Waals surface area contributed by atoms with E-state index in [9.17, 15) is 5.11 Å². The first-order valence-corrected chi connectivity index (χ1v) is 12.0. The minimum Gasteiger partial charge on any atom is -0.388 e. The van der Waals surface area contributed by atoms with Crippen LogP contribution in [0, 0.1) is 5.92 Å². The molecule has 0 aromatic rings. The molecule has 0 heterocycles. The number of unbranched alkanes of at least 4 members (excludes halogenated alkanes) is 14. The molecule has 0 radical (unpaired) electrons. The average Bonchev–Trinajstić information content (AvgIpc) is 2.65. The van der Waals surface area contributed by atoms with Crippen molar-refractivity contribution < 1.29 is 5.11 Å². The van der Waals surface area contributed by atoms with E-state index in [2.05, 4.69) is 20.8 Å². The molecule has 0 spiro atoms. The number of rotatable bonds is 20. The highest BCUT2D eigenvalue weighted by Gasteiger charge is 2.31. The molecule has 0 aromatic carbocycles. The van der Waals surface area contributed by atoms with Gasteiger partial charge in [0.25, 0.3) is 0 Å². The lowest BCUT2D eigenvalue weighted by Gasteiger charge is -2.33. The van der Waals surface area contributed by atoms with Crippen molar-refractivity contribution in [3.63, 3.8) is 0 Å². The van der Waals surface area contributed by atoms with E-state index in [1.807, 2.05) is 0 Å². The van der Waals surface area contributed by atoms with Crippen LogP contribution in [0.2, 0.25) is 0 Å². The van der Waals surface area contributed by atoms with E-state index in [1.165, 1.54) is 96.3 Å². The molecule has 0 rings (SSSR count).